The highest BCUT2D eigenvalue weighted by molar-refractivity contribution is 6.07. The van der Waals surface area contributed by atoms with Gasteiger partial charge in [0.15, 0.2) is 5.72 Å². The minimum absolute atomic E-state index is 0.101. The maximum Gasteiger partial charge on any atom is 0.340 e. The number of benzene rings is 1. The maximum absolute atomic E-state index is 12.5. The lowest BCUT2D eigenvalue weighted by molar-refractivity contribution is -0.0703. The van der Waals surface area contributed by atoms with Gasteiger partial charge in [0.25, 0.3) is 0 Å². The molecule has 3 aliphatic rings. The number of nitrogens with zero attached hydrogens (tertiary/aromatic N) is 1. The molecule has 0 bridgehead atoms. The number of aromatic amines is 1. The highest BCUT2D eigenvalue weighted by atomic mass is 16.5. The van der Waals surface area contributed by atoms with Crippen LogP contribution >= 0.6 is 0 Å². The van der Waals surface area contributed by atoms with Gasteiger partial charge in [-0.15, -0.1) is 0 Å². The summed E-state index contributed by atoms with van der Waals surface area (Å²) in [5.74, 6) is 1.22. The Morgan fingerprint density at radius 1 is 1.44 bits per heavy atom. The molecule has 0 saturated carbocycles. The van der Waals surface area contributed by atoms with Crippen LogP contribution in [0.3, 0.4) is 0 Å². The number of hydrogen-bond donors (Lipinski definition) is 1. The van der Waals surface area contributed by atoms with Crippen LogP contribution in [0, 0.1) is 12.8 Å². The third-order valence-electron chi connectivity index (χ3n) is 6.32. The second-order valence-corrected chi connectivity index (χ2v) is 7.54. The molecule has 1 spiro atoms. The summed E-state index contributed by atoms with van der Waals surface area (Å²) in [6.07, 6.45) is 4.48. The van der Waals surface area contributed by atoms with Crippen LogP contribution in [-0.2, 0) is 11.2 Å². The first-order chi connectivity index (χ1) is 12.1. The van der Waals surface area contributed by atoms with Crippen molar-refractivity contribution in [1.29, 1.82) is 0 Å². The second kappa shape index (κ2) is 5.24. The van der Waals surface area contributed by atoms with Crippen LogP contribution in [0.1, 0.15) is 47.8 Å². The van der Waals surface area contributed by atoms with E-state index in [1.54, 1.807) is 0 Å². The van der Waals surface area contributed by atoms with Gasteiger partial charge in [-0.05, 0) is 45.2 Å². The van der Waals surface area contributed by atoms with Crippen molar-refractivity contribution in [2.45, 2.75) is 45.3 Å². The maximum atomic E-state index is 12.5. The lowest BCUT2D eigenvalue weighted by atomic mass is 9.83. The van der Waals surface area contributed by atoms with Gasteiger partial charge in [-0.3, -0.25) is 4.90 Å². The Labute approximate surface area is 147 Å². The highest BCUT2D eigenvalue weighted by Crippen LogP contribution is 2.51. The molecule has 2 saturated heterocycles. The van der Waals surface area contributed by atoms with Gasteiger partial charge < -0.3 is 14.5 Å². The summed E-state index contributed by atoms with van der Waals surface area (Å²) in [6, 6.07) is 4.11. The summed E-state index contributed by atoms with van der Waals surface area (Å²) in [7, 11) is 0. The molecular weight excluding hydrogens is 316 g/mol. The summed E-state index contributed by atoms with van der Waals surface area (Å²) >= 11 is 0. The third-order valence-corrected chi connectivity index (χ3v) is 6.32. The first-order valence-corrected chi connectivity index (χ1v) is 9.39. The predicted octanol–water partition coefficient (Wildman–Crippen LogP) is 3.40. The molecule has 1 aromatic heterocycles. The number of fused-ring (bicyclic) bond motifs is 3. The molecule has 25 heavy (non-hydrogen) atoms. The molecular formula is C20H24N2O3. The largest absolute Gasteiger partial charge is 0.472 e. The molecule has 4 heterocycles. The normalized spacial score (nSPS) is 27.7. The number of aromatic nitrogens is 1. The number of aryl methyl sites for hydroxylation is 1. The fourth-order valence-corrected chi connectivity index (χ4v) is 5.30. The Hall–Kier alpha value is -2.01. The number of rotatable bonds is 2. The lowest BCUT2D eigenvalue weighted by Crippen LogP contribution is -2.51. The zero-order valence-corrected chi connectivity index (χ0v) is 14.9. The first-order valence-electron chi connectivity index (χ1n) is 9.39. The summed E-state index contributed by atoms with van der Waals surface area (Å²) in [6.45, 7) is 6.44. The zero-order valence-electron chi connectivity index (χ0n) is 14.9. The van der Waals surface area contributed by atoms with E-state index >= 15 is 0 Å². The first kappa shape index (κ1) is 15.3. The van der Waals surface area contributed by atoms with Crippen molar-refractivity contribution in [2.75, 3.05) is 19.7 Å². The van der Waals surface area contributed by atoms with E-state index in [1.807, 2.05) is 19.9 Å². The van der Waals surface area contributed by atoms with Crippen LogP contribution in [-0.4, -0.2) is 41.3 Å². The molecule has 0 aliphatic carbocycles. The number of carbonyl (C=O) groups is 1. The van der Waals surface area contributed by atoms with E-state index in [1.165, 1.54) is 18.4 Å². The van der Waals surface area contributed by atoms with E-state index in [0.29, 0.717) is 18.1 Å². The van der Waals surface area contributed by atoms with Crippen molar-refractivity contribution in [1.82, 2.24) is 9.88 Å². The standard InChI is InChI=1S/C20H24N2O3/c1-3-24-19(23)17-12(2)21-15-5-6-16-14(18(15)17)11-13-7-10-22-9-4-8-20(13,22)25-16/h5-6,13,21H,3-4,7-11H2,1-2H3. The molecule has 5 heteroatoms. The Morgan fingerprint density at radius 3 is 3.16 bits per heavy atom. The average Bonchev–Trinajstić information content (AvgIpc) is 3.22. The smallest absolute Gasteiger partial charge is 0.340 e. The second-order valence-electron chi connectivity index (χ2n) is 7.54. The molecule has 3 aliphatic heterocycles. The number of carbonyl (C=O) groups excluding carboxylic acids is 1. The molecule has 1 aromatic carbocycles. The minimum Gasteiger partial charge on any atom is -0.472 e. The monoisotopic (exact) mass is 340 g/mol. The van der Waals surface area contributed by atoms with Crippen LogP contribution in [0.4, 0.5) is 0 Å². The van der Waals surface area contributed by atoms with E-state index in [2.05, 4.69) is 16.0 Å². The van der Waals surface area contributed by atoms with Gasteiger partial charge in [-0.1, -0.05) is 0 Å². The summed E-state index contributed by atoms with van der Waals surface area (Å²) in [5, 5.41) is 1.000. The number of esters is 1. The Balaban J connectivity index is 1.67. The molecule has 0 amide bonds. The van der Waals surface area contributed by atoms with Crippen molar-refractivity contribution in [3.63, 3.8) is 0 Å². The van der Waals surface area contributed by atoms with Crippen molar-refractivity contribution in [3.8, 4) is 5.75 Å². The van der Waals surface area contributed by atoms with Crippen molar-refractivity contribution in [3.05, 3.63) is 29.0 Å². The highest BCUT2D eigenvalue weighted by Gasteiger charge is 2.55. The molecule has 0 radical (unpaired) electrons. The van der Waals surface area contributed by atoms with Crippen molar-refractivity contribution >= 4 is 16.9 Å². The number of ether oxygens (including phenoxy) is 2. The molecule has 1 N–H and O–H groups in total. The van der Waals surface area contributed by atoms with Gasteiger partial charge in [0.2, 0.25) is 0 Å². The summed E-state index contributed by atoms with van der Waals surface area (Å²) in [5.41, 5.74) is 3.62. The van der Waals surface area contributed by atoms with Gasteiger partial charge >= 0.3 is 5.97 Å². The SMILES string of the molecule is CCOC(=O)c1c(C)[nH]c2ccc3c(c12)CC1CCN2CCCC12O3. The average molecular weight is 340 g/mol. The molecule has 132 valence electrons. The van der Waals surface area contributed by atoms with Crippen LogP contribution in [0.25, 0.3) is 10.9 Å². The van der Waals surface area contributed by atoms with Gasteiger partial charge in [0.1, 0.15) is 5.75 Å². The van der Waals surface area contributed by atoms with Gasteiger partial charge in [0.05, 0.1) is 12.2 Å². The van der Waals surface area contributed by atoms with E-state index in [0.717, 1.165) is 48.3 Å². The van der Waals surface area contributed by atoms with Crippen LogP contribution < -0.4 is 4.74 Å². The molecule has 2 atom stereocenters. The Bertz CT molecular complexity index is 871. The van der Waals surface area contributed by atoms with E-state index in [9.17, 15) is 4.79 Å². The van der Waals surface area contributed by atoms with E-state index < -0.39 is 0 Å². The fraction of sp³-hybridized carbons (Fsp3) is 0.550. The molecule has 5 rings (SSSR count). The molecule has 5 nitrogen and oxygen atoms in total. The minimum atomic E-state index is -0.242. The summed E-state index contributed by atoms with van der Waals surface area (Å²) < 4.78 is 12.0. The van der Waals surface area contributed by atoms with Crippen LogP contribution in [0.5, 0.6) is 5.75 Å². The predicted molar refractivity (Wildman–Crippen MR) is 95.0 cm³/mol. The van der Waals surface area contributed by atoms with Crippen LogP contribution in [0.2, 0.25) is 0 Å². The molecule has 2 aromatic rings. The van der Waals surface area contributed by atoms with E-state index in [-0.39, 0.29) is 11.7 Å². The van der Waals surface area contributed by atoms with Gasteiger partial charge in [-0.25, -0.2) is 4.79 Å². The number of H-pyrrole nitrogens is 1. The zero-order chi connectivity index (χ0) is 17.2. The van der Waals surface area contributed by atoms with Gasteiger partial charge in [-0.2, -0.15) is 0 Å². The lowest BCUT2D eigenvalue weighted by Gasteiger charge is -2.42. The van der Waals surface area contributed by atoms with E-state index in [4.69, 9.17) is 9.47 Å². The number of nitrogens with one attached hydrogen (secondary N) is 1. The van der Waals surface area contributed by atoms with Crippen molar-refractivity contribution < 1.29 is 14.3 Å². The topological polar surface area (TPSA) is 54.6 Å². The Morgan fingerprint density at radius 2 is 2.32 bits per heavy atom. The van der Waals surface area contributed by atoms with Gasteiger partial charge in [0, 0.05) is 47.6 Å². The number of hydrogen-bond acceptors (Lipinski definition) is 4. The molecule has 2 fully saturated rings. The fourth-order valence-electron chi connectivity index (χ4n) is 5.30. The van der Waals surface area contributed by atoms with Crippen LogP contribution in [0.15, 0.2) is 12.1 Å². The van der Waals surface area contributed by atoms with Crippen molar-refractivity contribution in [2.24, 2.45) is 5.92 Å². The molecule has 2 unspecified atom stereocenters. The third kappa shape index (κ3) is 1.96. The summed E-state index contributed by atoms with van der Waals surface area (Å²) in [4.78, 5) is 18.4. The Kier molecular flexibility index (Phi) is 3.20. The quantitative estimate of drug-likeness (QED) is 0.852.